The average Bonchev–Trinajstić information content (AvgIpc) is 2.53. The molecule has 0 fully saturated rings. The second-order valence-electron chi connectivity index (χ2n) is 4.78. The fourth-order valence-electron chi connectivity index (χ4n) is 2.03. The number of benzene rings is 2. The summed E-state index contributed by atoms with van der Waals surface area (Å²) in [7, 11) is 0. The summed E-state index contributed by atoms with van der Waals surface area (Å²) < 4.78 is 26.1. The largest absolute Gasteiger partial charge is 0.368 e. The monoisotopic (exact) mass is 335 g/mol. The van der Waals surface area contributed by atoms with Crippen molar-refractivity contribution in [2.24, 2.45) is 5.73 Å². The van der Waals surface area contributed by atoms with Crippen molar-refractivity contribution in [3.63, 3.8) is 0 Å². The SMILES string of the molecule is NC(=O)[C@H](NC(=O)c1ccc(F)cc1[N+](=O)[O-])c1ccc(F)cc1. The Labute approximate surface area is 134 Å². The molecule has 0 saturated carbocycles. The van der Waals surface area contributed by atoms with Crippen LogP contribution in [0.25, 0.3) is 0 Å². The van der Waals surface area contributed by atoms with Crippen molar-refractivity contribution in [2.45, 2.75) is 6.04 Å². The second kappa shape index (κ2) is 6.82. The van der Waals surface area contributed by atoms with Gasteiger partial charge in [0.15, 0.2) is 0 Å². The molecule has 2 aromatic carbocycles. The lowest BCUT2D eigenvalue weighted by molar-refractivity contribution is -0.385. The van der Waals surface area contributed by atoms with E-state index in [2.05, 4.69) is 5.32 Å². The van der Waals surface area contributed by atoms with Gasteiger partial charge < -0.3 is 11.1 Å². The molecular weight excluding hydrogens is 324 g/mol. The van der Waals surface area contributed by atoms with Crippen LogP contribution in [0.3, 0.4) is 0 Å². The molecule has 2 amide bonds. The van der Waals surface area contributed by atoms with Crippen molar-refractivity contribution < 1.29 is 23.3 Å². The van der Waals surface area contributed by atoms with Crippen LogP contribution in [-0.4, -0.2) is 16.7 Å². The second-order valence-corrected chi connectivity index (χ2v) is 4.78. The van der Waals surface area contributed by atoms with E-state index in [1.165, 1.54) is 12.1 Å². The first-order valence-corrected chi connectivity index (χ1v) is 6.59. The number of hydrogen-bond acceptors (Lipinski definition) is 4. The van der Waals surface area contributed by atoms with Crippen molar-refractivity contribution in [2.75, 3.05) is 0 Å². The van der Waals surface area contributed by atoms with Crippen molar-refractivity contribution in [1.82, 2.24) is 5.32 Å². The van der Waals surface area contributed by atoms with Gasteiger partial charge in [-0.05, 0) is 29.8 Å². The molecule has 0 aromatic heterocycles. The maximum Gasteiger partial charge on any atom is 0.285 e. The summed E-state index contributed by atoms with van der Waals surface area (Å²) in [5.74, 6) is -3.37. The van der Waals surface area contributed by atoms with E-state index in [1.54, 1.807) is 0 Å². The molecule has 3 N–H and O–H groups in total. The van der Waals surface area contributed by atoms with Gasteiger partial charge in [-0.1, -0.05) is 12.1 Å². The molecule has 7 nitrogen and oxygen atoms in total. The fraction of sp³-hybridized carbons (Fsp3) is 0.0667. The van der Waals surface area contributed by atoms with Gasteiger partial charge in [0.05, 0.1) is 11.0 Å². The summed E-state index contributed by atoms with van der Waals surface area (Å²) in [5, 5.41) is 13.2. The van der Waals surface area contributed by atoms with E-state index < -0.39 is 45.7 Å². The third-order valence-corrected chi connectivity index (χ3v) is 3.16. The maximum atomic E-state index is 13.1. The van der Waals surface area contributed by atoms with Crippen LogP contribution in [0.2, 0.25) is 0 Å². The summed E-state index contributed by atoms with van der Waals surface area (Å²) in [4.78, 5) is 33.8. The van der Waals surface area contributed by atoms with E-state index in [-0.39, 0.29) is 5.56 Å². The molecular formula is C15H11F2N3O4. The highest BCUT2D eigenvalue weighted by molar-refractivity contribution is 6.00. The lowest BCUT2D eigenvalue weighted by Gasteiger charge is -2.16. The predicted octanol–water partition coefficient (Wildman–Crippen LogP) is 1.83. The quantitative estimate of drug-likeness (QED) is 0.640. The summed E-state index contributed by atoms with van der Waals surface area (Å²) in [6.45, 7) is 0. The first-order valence-electron chi connectivity index (χ1n) is 6.59. The zero-order valence-electron chi connectivity index (χ0n) is 12.0. The van der Waals surface area contributed by atoms with Gasteiger partial charge in [-0.15, -0.1) is 0 Å². The Morgan fingerprint density at radius 2 is 1.67 bits per heavy atom. The molecule has 124 valence electrons. The third-order valence-electron chi connectivity index (χ3n) is 3.16. The number of nitrogens with two attached hydrogens (primary N) is 1. The number of carbonyl (C=O) groups excluding carboxylic acids is 2. The first kappa shape index (κ1) is 17.0. The highest BCUT2D eigenvalue weighted by Gasteiger charge is 2.26. The van der Waals surface area contributed by atoms with Crippen LogP contribution >= 0.6 is 0 Å². The molecule has 0 bridgehead atoms. The molecule has 2 aromatic rings. The minimum absolute atomic E-state index is 0.196. The molecule has 0 saturated heterocycles. The van der Waals surface area contributed by atoms with Crippen LogP contribution < -0.4 is 11.1 Å². The van der Waals surface area contributed by atoms with Gasteiger partial charge in [0, 0.05) is 0 Å². The first-order chi connectivity index (χ1) is 11.3. The molecule has 2 rings (SSSR count). The molecule has 24 heavy (non-hydrogen) atoms. The van der Waals surface area contributed by atoms with Crippen LogP contribution in [0.1, 0.15) is 22.0 Å². The van der Waals surface area contributed by atoms with Crippen LogP contribution in [0.15, 0.2) is 42.5 Å². The molecule has 9 heteroatoms. The van der Waals surface area contributed by atoms with Gasteiger partial charge in [-0.25, -0.2) is 8.78 Å². The van der Waals surface area contributed by atoms with Crippen LogP contribution in [0.4, 0.5) is 14.5 Å². The number of nitro benzene ring substituents is 1. The Kier molecular flexibility index (Phi) is 4.83. The fourth-order valence-corrected chi connectivity index (χ4v) is 2.03. The third kappa shape index (κ3) is 3.69. The van der Waals surface area contributed by atoms with E-state index in [4.69, 9.17) is 5.73 Å². The number of nitrogens with one attached hydrogen (secondary N) is 1. The minimum atomic E-state index is -1.33. The molecule has 0 aliphatic heterocycles. The number of primary amides is 1. The number of nitro groups is 1. The molecule has 0 heterocycles. The van der Waals surface area contributed by atoms with E-state index in [0.717, 1.165) is 24.3 Å². The zero-order valence-corrected chi connectivity index (χ0v) is 12.0. The van der Waals surface area contributed by atoms with Crippen LogP contribution in [0.5, 0.6) is 0 Å². The van der Waals surface area contributed by atoms with Gasteiger partial charge in [0.2, 0.25) is 5.91 Å². The molecule has 1 atom stereocenters. The number of amides is 2. The lowest BCUT2D eigenvalue weighted by atomic mass is 10.1. The van der Waals surface area contributed by atoms with Gasteiger partial charge >= 0.3 is 0 Å². The molecule has 0 spiro atoms. The Hall–Kier alpha value is -3.36. The van der Waals surface area contributed by atoms with Crippen molar-refractivity contribution in [3.8, 4) is 0 Å². The highest BCUT2D eigenvalue weighted by atomic mass is 19.1. The summed E-state index contributed by atoms with van der Waals surface area (Å²) >= 11 is 0. The minimum Gasteiger partial charge on any atom is -0.368 e. The zero-order chi connectivity index (χ0) is 17.9. The Morgan fingerprint density at radius 1 is 1.08 bits per heavy atom. The topological polar surface area (TPSA) is 115 Å². The molecule has 0 radical (unpaired) electrons. The smallest absolute Gasteiger partial charge is 0.285 e. The van der Waals surface area contributed by atoms with Crippen molar-refractivity contribution >= 4 is 17.5 Å². The Morgan fingerprint density at radius 3 is 2.21 bits per heavy atom. The van der Waals surface area contributed by atoms with E-state index >= 15 is 0 Å². The van der Waals surface area contributed by atoms with E-state index in [1.807, 2.05) is 0 Å². The number of nitrogens with zero attached hydrogens (tertiary/aromatic N) is 1. The van der Waals surface area contributed by atoms with Crippen molar-refractivity contribution in [1.29, 1.82) is 0 Å². The summed E-state index contributed by atoms with van der Waals surface area (Å²) in [6.07, 6.45) is 0. The van der Waals surface area contributed by atoms with Gasteiger partial charge in [-0.2, -0.15) is 0 Å². The highest BCUT2D eigenvalue weighted by Crippen LogP contribution is 2.21. The summed E-state index contributed by atoms with van der Waals surface area (Å²) in [6, 6.07) is 5.67. The number of halogens is 2. The average molecular weight is 335 g/mol. The maximum absolute atomic E-state index is 13.1. The van der Waals surface area contributed by atoms with Gasteiger partial charge in [-0.3, -0.25) is 19.7 Å². The Balaban J connectivity index is 2.34. The number of rotatable bonds is 5. The summed E-state index contributed by atoms with van der Waals surface area (Å²) in [5.41, 5.74) is 4.22. The van der Waals surface area contributed by atoms with Gasteiger partial charge in [0.1, 0.15) is 23.2 Å². The molecule has 0 aliphatic rings. The number of hydrogen-bond donors (Lipinski definition) is 2. The van der Waals surface area contributed by atoms with Crippen LogP contribution in [-0.2, 0) is 4.79 Å². The van der Waals surface area contributed by atoms with Crippen LogP contribution in [0, 0.1) is 21.7 Å². The lowest BCUT2D eigenvalue weighted by Crippen LogP contribution is -2.37. The standard InChI is InChI=1S/C15H11F2N3O4/c16-9-3-1-8(2-4-9)13(14(18)21)19-15(22)11-6-5-10(17)7-12(11)20(23)24/h1-7,13H,(H2,18,21)(H,19,22)/t13-/m1/s1. The van der Waals surface area contributed by atoms with E-state index in [0.29, 0.717) is 6.07 Å². The molecule has 0 unspecified atom stereocenters. The molecule has 0 aliphatic carbocycles. The van der Waals surface area contributed by atoms with Crippen molar-refractivity contribution in [3.05, 3.63) is 75.3 Å². The normalized spacial score (nSPS) is 11.6. The predicted molar refractivity (Wildman–Crippen MR) is 78.9 cm³/mol. The number of carbonyl (C=O) groups is 2. The van der Waals surface area contributed by atoms with E-state index in [9.17, 15) is 28.5 Å². The van der Waals surface area contributed by atoms with Gasteiger partial charge in [0.25, 0.3) is 11.6 Å². The Bertz CT molecular complexity index is 809.